The highest BCUT2D eigenvalue weighted by Crippen LogP contribution is 2.29. The molecule has 3 aromatic rings. The van der Waals surface area contributed by atoms with Crippen LogP contribution < -0.4 is 10.5 Å². The minimum atomic E-state index is -0.451. The van der Waals surface area contributed by atoms with Crippen LogP contribution in [0.25, 0.3) is 16.8 Å². The fourth-order valence-electron chi connectivity index (χ4n) is 2.96. The normalized spacial score (nSPS) is 21.2. The highest BCUT2D eigenvalue weighted by Gasteiger charge is 2.26. The number of fused-ring (bicyclic) bond motifs is 1. The molecule has 0 radical (unpaired) electrons. The van der Waals surface area contributed by atoms with Gasteiger partial charge in [0.05, 0.1) is 24.3 Å². The van der Waals surface area contributed by atoms with Gasteiger partial charge in [-0.1, -0.05) is 0 Å². The van der Waals surface area contributed by atoms with E-state index < -0.39 is 5.82 Å². The minimum Gasteiger partial charge on any atom is -0.473 e. The zero-order chi connectivity index (χ0) is 16.0. The van der Waals surface area contributed by atoms with Crippen molar-refractivity contribution in [2.45, 2.75) is 31.4 Å². The van der Waals surface area contributed by atoms with Crippen molar-refractivity contribution >= 4 is 5.52 Å². The quantitative estimate of drug-likeness (QED) is 0.792. The number of aryl methyl sites for hydroxylation is 1. The molecule has 2 N–H and O–H groups in total. The number of nitrogens with zero attached hydrogens (tertiary/aromatic N) is 5. The smallest absolute Gasteiger partial charge is 0.244 e. The summed E-state index contributed by atoms with van der Waals surface area (Å²) >= 11 is 0. The van der Waals surface area contributed by atoms with Crippen LogP contribution in [0.4, 0.5) is 4.39 Å². The Labute approximate surface area is 131 Å². The molecule has 1 saturated carbocycles. The van der Waals surface area contributed by atoms with Gasteiger partial charge in [-0.3, -0.25) is 4.68 Å². The molecule has 8 heteroatoms. The molecule has 1 fully saturated rings. The second kappa shape index (κ2) is 5.31. The summed E-state index contributed by atoms with van der Waals surface area (Å²) in [6.45, 7) is 0. The standard InChI is InChI=1S/C15H17FN6O/c1-21-7-9(5-18-21)13-8-22-14(12(16)6-19-22)15(20-13)23-11-3-2-10(17)4-11/h5-8,10-11H,2-4,17H2,1H3/t10-,11+/m0/s1. The number of ether oxygens (including phenoxy) is 1. The van der Waals surface area contributed by atoms with E-state index >= 15 is 0 Å². The number of halogens is 1. The number of rotatable bonds is 3. The summed E-state index contributed by atoms with van der Waals surface area (Å²) in [5.74, 6) is -0.201. The van der Waals surface area contributed by atoms with Crippen molar-refractivity contribution in [3.05, 3.63) is 30.6 Å². The molecule has 1 aliphatic carbocycles. The number of hydrogen-bond donors (Lipinski definition) is 1. The lowest BCUT2D eigenvalue weighted by atomic mass is 10.2. The van der Waals surface area contributed by atoms with E-state index in [1.807, 2.05) is 13.2 Å². The molecule has 0 saturated heterocycles. The lowest BCUT2D eigenvalue weighted by Gasteiger charge is -2.14. The molecule has 0 spiro atoms. The Morgan fingerprint density at radius 3 is 2.83 bits per heavy atom. The zero-order valence-electron chi connectivity index (χ0n) is 12.7. The predicted molar refractivity (Wildman–Crippen MR) is 81.4 cm³/mol. The first-order valence-electron chi connectivity index (χ1n) is 7.55. The van der Waals surface area contributed by atoms with Crippen molar-refractivity contribution in [2.24, 2.45) is 12.8 Å². The molecule has 1 aliphatic rings. The number of hydrogen-bond acceptors (Lipinski definition) is 5. The van der Waals surface area contributed by atoms with E-state index in [0.717, 1.165) is 31.0 Å². The lowest BCUT2D eigenvalue weighted by molar-refractivity contribution is 0.201. The Morgan fingerprint density at radius 2 is 2.13 bits per heavy atom. The van der Waals surface area contributed by atoms with Crippen LogP contribution in [0, 0.1) is 5.82 Å². The molecule has 0 amide bonds. The molecule has 120 valence electrons. The highest BCUT2D eigenvalue weighted by atomic mass is 19.1. The Kier molecular flexibility index (Phi) is 3.26. The van der Waals surface area contributed by atoms with E-state index in [2.05, 4.69) is 15.2 Å². The van der Waals surface area contributed by atoms with Gasteiger partial charge in [-0.05, 0) is 19.3 Å². The summed E-state index contributed by atoms with van der Waals surface area (Å²) in [6, 6.07) is 0.132. The maximum absolute atomic E-state index is 14.1. The van der Waals surface area contributed by atoms with Gasteiger partial charge in [-0.15, -0.1) is 0 Å². The molecule has 0 aliphatic heterocycles. The summed E-state index contributed by atoms with van der Waals surface area (Å²) in [5.41, 5.74) is 7.62. The molecular weight excluding hydrogens is 299 g/mol. The summed E-state index contributed by atoms with van der Waals surface area (Å²) < 4.78 is 23.1. The van der Waals surface area contributed by atoms with Crippen LogP contribution in [0.2, 0.25) is 0 Å². The van der Waals surface area contributed by atoms with E-state index in [0.29, 0.717) is 5.69 Å². The largest absolute Gasteiger partial charge is 0.473 e. The molecular formula is C15H17FN6O. The maximum atomic E-state index is 14.1. The van der Waals surface area contributed by atoms with E-state index in [-0.39, 0.29) is 23.5 Å². The summed E-state index contributed by atoms with van der Waals surface area (Å²) in [6.07, 6.45) is 8.83. The van der Waals surface area contributed by atoms with E-state index in [1.165, 1.54) is 4.52 Å². The highest BCUT2D eigenvalue weighted by molar-refractivity contribution is 5.64. The van der Waals surface area contributed by atoms with Crippen molar-refractivity contribution in [2.75, 3.05) is 0 Å². The third-order valence-corrected chi connectivity index (χ3v) is 4.12. The van der Waals surface area contributed by atoms with Gasteiger partial charge in [-0.2, -0.15) is 10.2 Å². The van der Waals surface area contributed by atoms with Crippen LogP contribution >= 0.6 is 0 Å². The molecule has 3 heterocycles. The van der Waals surface area contributed by atoms with Gasteiger partial charge < -0.3 is 10.5 Å². The topological polar surface area (TPSA) is 83.3 Å². The summed E-state index contributed by atoms with van der Waals surface area (Å²) in [5, 5.41) is 8.17. The molecule has 4 rings (SSSR count). The predicted octanol–water partition coefficient (Wildman–Crippen LogP) is 1.53. The van der Waals surface area contributed by atoms with Gasteiger partial charge in [0.1, 0.15) is 6.10 Å². The second-order valence-corrected chi connectivity index (χ2v) is 5.93. The molecule has 0 unspecified atom stereocenters. The number of aromatic nitrogens is 5. The summed E-state index contributed by atoms with van der Waals surface area (Å²) in [4.78, 5) is 4.49. The molecule has 0 bridgehead atoms. The monoisotopic (exact) mass is 316 g/mol. The van der Waals surface area contributed by atoms with E-state index in [1.54, 1.807) is 17.1 Å². The first kappa shape index (κ1) is 14.1. The van der Waals surface area contributed by atoms with Gasteiger partial charge in [0, 0.05) is 24.8 Å². The van der Waals surface area contributed by atoms with Gasteiger partial charge in [-0.25, -0.2) is 13.9 Å². The average molecular weight is 316 g/mol. The molecule has 2 atom stereocenters. The SMILES string of the molecule is Cn1cc(-c2cn3ncc(F)c3c(O[C@@H]3CC[C@H](N)C3)n2)cn1. The van der Waals surface area contributed by atoms with Crippen LogP contribution in [0.15, 0.2) is 24.8 Å². The van der Waals surface area contributed by atoms with Crippen LogP contribution in [0.1, 0.15) is 19.3 Å². The molecule has 3 aromatic heterocycles. The van der Waals surface area contributed by atoms with Gasteiger partial charge in [0.15, 0.2) is 11.3 Å². The fourth-order valence-corrected chi connectivity index (χ4v) is 2.96. The Balaban J connectivity index is 1.78. The van der Waals surface area contributed by atoms with Gasteiger partial charge in [0.25, 0.3) is 0 Å². The van der Waals surface area contributed by atoms with Gasteiger partial charge in [0.2, 0.25) is 5.88 Å². The summed E-state index contributed by atoms with van der Waals surface area (Å²) in [7, 11) is 1.83. The van der Waals surface area contributed by atoms with Crippen LogP contribution in [0.3, 0.4) is 0 Å². The Morgan fingerprint density at radius 1 is 1.26 bits per heavy atom. The average Bonchev–Trinajstić information content (AvgIpc) is 3.21. The molecule has 7 nitrogen and oxygen atoms in total. The molecule has 23 heavy (non-hydrogen) atoms. The second-order valence-electron chi connectivity index (χ2n) is 5.93. The van der Waals surface area contributed by atoms with Crippen molar-refractivity contribution in [1.82, 2.24) is 24.4 Å². The van der Waals surface area contributed by atoms with Crippen LogP contribution in [-0.4, -0.2) is 36.5 Å². The van der Waals surface area contributed by atoms with E-state index in [4.69, 9.17) is 10.5 Å². The van der Waals surface area contributed by atoms with Crippen molar-refractivity contribution < 1.29 is 9.13 Å². The lowest BCUT2D eigenvalue weighted by Crippen LogP contribution is -2.19. The molecule has 0 aromatic carbocycles. The van der Waals surface area contributed by atoms with E-state index in [9.17, 15) is 4.39 Å². The third-order valence-electron chi connectivity index (χ3n) is 4.12. The van der Waals surface area contributed by atoms with Crippen molar-refractivity contribution in [3.8, 4) is 17.1 Å². The first-order valence-corrected chi connectivity index (χ1v) is 7.55. The van der Waals surface area contributed by atoms with Crippen molar-refractivity contribution in [3.63, 3.8) is 0 Å². The Hall–Kier alpha value is -2.48. The minimum absolute atomic E-state index is 0.0419. The zero-order valence-corrected chi connectivity index (χ0v) is 12.7. The first-order chi connectivity index (χ1) is 11.1. The fraction of sp³-hybridized carbons (Fsp3) is 0.400. The maximum Gasteiger partial charge on any atom is 0.244 e. The number of nitrogens with two attached hydrogens (primary N) is 1. The third kappa shape index (κ3) is 2.55. The van der Waals surface area contributed by atoms with Crippen molar-refractivity contribution in [1.29, 1.82) is 0 Å². The Bertz CT molecular complexity index is 857. The van der Waals surface area contributed by atoms with Crippen LogP contribution in [-0.2, 0) is 7.05 Å². The van der Waals surface area contributed by atoms with Crippen LogP contribution in [0.5, 0.6) is 5.88 Å². The van der Waals surface area contributed by atoms with Gasteiger partial charge >= 0.3 is 0 Å².